The SMILES string of the molecule is CCOc1ccc2nc(SCC(OCC)C(=O)O)[nH]c2c1. The van der Waals surface area contributed by atoms with E-state index in [1.807, 2.05) is 25.1 Å². The van der Waals surface area contributed by atoms with Crippen LogP contribution in [0, 0.1) is 0 Å². The van der Waals surface area contributed by atoms with E-state index in [9.17, 15) is 4.79 Å². The lowest BCUT2D eigenvalue weighted by Gasteiger charge is -2.10. The number of aromatic amines is 1. The summed E-state index contributed by atoms with van der Waals surface area (Å²) in [5.41, 5.74) is 1.69. The third-order valence-electron chi connectivity index (χ3n) is 2.76. The van der Waals surface area contributed by atoms with E-state index in [4.69, 9.17) is 14.6 Å². The Morgan fingerprint density at radius 2 is 2.24 bits per heavy atom. The number of imidazole rings is 1. The summed E-state index contributed by atoms with van der Waals surface area (Å²) in [5.74, 6) is 0.128. The molecule has 1 aromatic heterocycles. The van der Waals surface area contributed by atoms with Crippen LogP contribution in [0.15, 0.2) is 23.4 Å². The van der Waals surface area contributed by atoms with Crippen LogP contribution in [0.2, 0.25) is 0 Å². The third kappa shape index (κ3) is 4.12. The fraction of sp³-hybridized carbons (Fsp3) is 0.429. The molecule has 0 aliphatic rings. The number of carboxylic acids is 1. The number of aliphatic carboxylic acids is 1. The number of fused-ring (bicyclic) bond motifs is 1. The molecule has 0 amide bonds. The van der Waals surface area contributed by atoms with Gasteiger partial charge in [-0.05, 0) is 26.0 Å². The Bertz CT molecular complexity index is 614. The lowest BCUT2D eigenvalue weighted by molar-refractivity contribution is -0.148. The van der Waals surface area contributed by atoms with Crippen molar-refractivity contribution in [2.75, 3.05) is 19.0 Å². The van der Waals surface area contributed by atoms with Crippen LogP contribution >= 0.6 is 11.8 Å². The molecule has 1 heterocycles. The largest absolute Gasteiger partial charge is 0.494 e. The number of carboxylic acid groups (broad SMARTS) is 1. The zero-order valence-corrected chi connectivity index (χ0v) is 12.8. The highest BCUT2D eigenvalue weighted by Gasteiger charge is 2.18. The van der Waals surface area contributed by atoms with E-state index < -0.39 is 12.1 Å². The number of ether oxygens (including phenoxy) is 2. The van der Waals surface area contributed by atoms with Gasteiger partial charge in [0.15, 0.2) is 11.3 Å². The Balaban J connectivity index is 2.06. The van der Waals surface area contributed by atoms with Gasteiger partial charge in [-0.2, -0.15) is 0 Å². The molecule has 2 aromatic rings. The molecular weight excluding hydrogens is 292 g/mol. The van der Waals surface area contributed by atoms with Gasteiger partial charge in [-0.15, -0.1) is 0 Å². The fourth-order valence-corrected chi connectivity index (χ4v) is 2.73. The molecule has 0 fully saturated rings. The van der Waals surface area contributed by atoms with Gasteiger partial charge in [0, 0.05) is 18.4 Å². The number of thioether (sulfide) groups is 1. The van der Waals surface area contributed by atoms with E-state index in [1.54, 1.807) is 6.92 Å². The highest BCUT2D eigenvalue weighted by atomic mass is 32.2. The Kier molecular flexibility index (Phi) is 5.46. The van der Waals surface area contributed by atoms with E-state index in [0.29, 0.717) is 24.1 Å². The molecule has 1 unspecified atom stereocenters. The predicted molar refractivity (Wildman–Crippen MR) is 81.0 cm³/mol. The first kappa shape index (κ1) is 15.7. The maximum atomic E-state index is 11.0. The summed E-state index contributed by atoms with van der Waals surface area (Å²) in [6.45, 7) is 4.68. The number of nitrogens with one attached hydrogen (secondary N) is 1. The average Bonchev–Trinajstić information content (AvgIpc) is 2.85. The van der Waals surface area contributed by atoms with Crippen molar-refractivity contribution < 1.29 is 19.4 Å². The number of H-pyrrole nitrogens is 1. The van der Waals surface area contributed by atoms with Crippen molar-refractivity contribution in [3.05, 3.63) is 18.2 Å². The summed E-state index contributed by atoms with van der Waals surface area (Å²) in [4.78, 5) is 18.6. The second-order valence-electron chi connectivity index (χ2n) is 4.25. The van der Waals surface area contributed by atoms with Gasteiger partial charge < -0.3 is 19.6 Å². The van der Waals surface area contributed by atoms with Crippen LogP contribution in [0.25, 0.3) is 11.0 Å². The number of rotatable bonds is 8. The van der Waals surface area contributed by atoms with E-state index >= 15 is 0 Å². The minimum atomic E-state index is -0.959. The molecule has 2 rings (SSSR count). The fourth-order valence-electron chi connectivity index (χ4n) is 1.84. The van der Waals surface area contributed by atoms with Crippen molar-refractivity contribution in [3.8, 4) is 5.75 Å². The van der Waals surface area contributed by atoms with E-state index in [-0.39, 0.29) is 0 Å². The number of hydrogen-bond acceptors (Lipinski definition) is 5. The summed E-state index contributed by atoms with van der Waals surface area (Å²) >= 11 is 1.33. The first-order valence-electron chi connectivity index (χ1n) is 6.73. The lowest BCUT2D eigenvalue weighted by atomic mass is 10.3. The molecule has 0 saturated heterocycles. The van der Waals surface area contributed by atoms with E-state index in [0.717, 1.165) is 16.8 Å². The van der Waals surface area contributed by atoms with Gasteiger partial charge in [0.25, 0.3) is 0 Å². The molecule has 0 radical (unpaired) electrons. The van der Waals surface area contributed by atoms with Gasteiger partial charge in [-0.25, -0.2) is 9.78 Å². The molecule has 21 heavy (non-hydrogen) atoms. The normalized spacial score (nSPS) is 12.5. The van der Waals surface area contributed by atoms with Crippen LogP contribution in [0.1, 0.15) is 13.8 Å². The molecule has 0 bridgehead atoms. The predicted octanol–water partition coefficient (Wildman–Crippen LogP) is 2.54. The summed E-state index contributed by atoms with van der Waals surface area (Å²) < 4.78 is 10.6. The zero-order valence-electron chi connectivity index (χ0n) is 12.0. The number of nitrogens with zero attached hydrogens (tertiary/aromatic N) is 1. The van der Waals surface area contributed by atoms with Crippen LogP contribution in [-0.2, 0) is 9.53 Å². The Morgan fingerprint density at radius 1 is 1.43 bits per heavy atom. The summed E-state index contributed by atoms with van der Waals surface area (Å²) in [5, 5.41) is 9.70. The van der Waals surface area contributed by atoms with Crippen molar-refractivity contribution in [1.82, 2.24) is 9.97 Å². The smallest absolute Gasteiger partial charge is 0.333 e. The van der Waals surface area contributed by atoms with Crippen LogP contribution in [-0.4, -0.2) is 46.1 Å². The number of aromatic nitrogens is 2. The lowest BCUT2D eigenvalue weighted by Crippen LogP contribution is -2.26. The second kappa shape index (κ2) is 7.33. The van der Waals surface area contributed by atoms with Gasteiger partial charge in [0.1, 0.15) is 5.75 Å². The van der Waals surface area contributed by atoms with Crippen LogP contribution < -0.4 is 4.74 Å². The van der Waals surface area contributed by atoms with Crippen molar-refractivity contribution in [2.45, 2.75) is 25.1 Å². The topological polar surface area (TPSA) is 84.4 Å². The molecule has 7 heteroatoms. The van der Waals surface area contributed by atoms with Crippen molar-refractivity contribution in [3.63, 3.8) is 0 Å². The zero-order chi connectivity index (χ0) is 15.2. The molecule has 0 aliphatic heterocycles. The highest BCUT2D eigenvalue weighted by Crippen LogP contribution is 2.24. The van der Waals surface area contributed by atoms with Gasteiger partial charge in [0.05, 0.1) is 17.6 Å². The maximum absolute atomic E-state index is 11.0. The molecular formula is C14H18N2O4S. The quantitative estimate of drug-likeness (QED) is 0.729. The first-order chi connectivity index (χ1) is 10.1. The summed E-state index contributed by atoms with van der Waals surface area (Å²) in [7, 11) is 0. The monoisotopic (exact) mass is 310 g/mol. The minimum Gasteiger partial charge on any atom is -0.494 e. The highest BCUT2D eigenvalue weighted by molar-refractivity contribution is 7.99. The first-order valence-corrected chi connectivity index (χ1v) is 7.72. The van der Waals surface area contributed by atoms with Crippen LogP contribution in [0.3, 0.4) is 0 Å². The molecule has 114 valence electrons. The van der Waals surface area contributed by atoms with Crippen LogP contribution in [0.5, 0.6) is 5.75 Å². The molecule has 0 spiro atoms. The Hall–Kier alpha value is -1.73. The standard InChI is InChI=1S/C14H18N2O4S/c1-3-19-9-5-6-10-11(7-9)16-14(15-10)21-8-12(13(17)18)20-4-2/h5-7,12H,3-4,8H2,1-2H3,(H,15,16)(H,17,18). The van der Waals surface area contributed by atoms with Gasteiger partial charge in [-0.1, -0.05) is 11.8 Å². The Labute approximate surface area is 126 Å². The second-order valence-corrected chi connectivity index (χ2v) is 5.26. The van der Waals surface area contributed by atoms with Gasteiger partial charge in [-0.3, -0.25) is 0 Å². The minimum absolute atomic E-state index is 0.307. The average molecular weight is 310 g/mol. The van der Waals surface area contributed by atoms with E-state index in [2.05, 4.69) is 9.97 Å². The van der Waals surface area contributed by atoms with E-state index in [1.165, 1.54) is 11.8 Å². The number of benzene rings is 1. The third-order valence-corrected chi connectivity index (χ3v) is 3.69. The molecule has 1 aromatic carbocycles. The molecule has 1 atom stereocenters. The number of carbonyl (C=O) groups is 1. The summed E-state index contributed by atoms with van der Waals surface area (Å²) in [6, 6.07) is 5.62. The van der Waals surface area contributed by atoms with Crippen molar-refractivity contribution >= 4 is 28.8 Å². The van der Waals surface area contributed by atoms with Gasteiger partial charge >= 0.3 is 5.97 Å². The maximum Gasteiger partial charge on any atom is 0.333 e. The molecule has 0 saturated carbocycles. The van der Waals surface area contributed by atoms with Crippen molar-refractivity contribution in [1.29, 1.82) is 0 Å². The molecule has 0 aliphatic carbocycles. The van der Waals surface area contributed by atoms with Crippen molar-refractivity contribution in [2.24, 2.45) is 0 Å². The van der Waals surface area contributed by atoms with Gasteiger partial charge in [0.2, 0.25) is 0 Å². The summed E-state index contributed by atoms with van der Waals surface area (Å²) in [6.07, 6.45) is -0.827. The Morgan fingerprint density at radius 3 is 2.90 bits per heavy atom. The number of hydrogen-bond donors (Lipinski definition) is 2. The molecule has 6 nitrogen and oxygen atoms in total. The van der Waals surface area contributed by atoms with Crippen LogP contribution in [0.4, 0.5) is 0 Å². The molecule has 2 N–H and O–H groups in total.